The van der Waals surface area contributed by atoms with Crippen molar-refractivity contribution >= 4 is 33.5 Å². The summed E-state index contributed by atoms with van der Waals surface area (Å²) in [7, 11) is 0. The molecule has 4 aromatic rings. The molecule has 0 aliphatic rings. The van der Waals surface area contributed by atoms with Crippen LogP contribution in [-0.4, -0.2) is 19.9 Å². The van der Waals surface area contributed by atoms with Crippen LogP contribution in [0, 0.1) is 0 Å². The summed E-state index contributed by atoms with van der Waals surface area (Å²) in [4.78, 5) is 34.2. The first-order chi connectivity index (χ1) is 12.2. The number of fused-ring (bicyclic) bond motifs is 1. The highest BCUT2D eigenvalue weighted by Gasteiger charge is 2.13. The van der Waals surface area contributed by atoms with Crippen molar-refractivity contribution in [1.82, 2.24) is 14.0 Å². The predicted octanol–water partition coefficient (Wildman–Crippen LogP) is 2.41. The average molecular weight is 368 g/mol. The van der Waals surface area contributed by atoms with Gasteiger partial charge in [-0.3, -0.25) is 14.0 Å². The lowest BCUT2D eigenvalue weighted by molar-refractivity contribution is 0.0996. The van der Waals surface area contributed by atoms with E-state index in [9.17, 15) is 9.59 Å². The quantitative estimate of drug-likeness (QED) is 0.558. The summed E-state index contributed by atoms with van der Waals surface area (Å²) in [5.74, 6) is -0.581. The van der Waals surface area contributed by atoms with E-state index in [-0.39, 0.29) is 5.56 Å². The molecule has 3 aromatic heterocycles. The summed E-state index contributed by atoms with van der Waals surface area (Å²) in [6.07, 6.45) is 4.78. The van der Waals surface area contributed by atoms with Crippen LogP contribution in [-0.2, 0) is 6.54 Å². The van der Waals surface area contributed by atoms with Gasteiger partial charge in [0, 0.05) is 35.9 Å². The number of thiazole rings is 2. The molecule has 0 spiro atoms. The molecular formula is C17H12N4O2S2. The summed E-state index contributed by atoms with van der Waals surface area (Å²) in [6.45, 7) is 0.608. The van der Waals surface area contributed by atoms with E-state index in [4.69, 9.17) is 0 Å². The summed E-state index contributed by atoms with van der Waals surface area (Å²) >= 11 is 2.69. The minimum absolute atomic E-state index is 0.0319. The van der Waals surface area contributed by atoms with Gasteiger partial charge in [-0.2, -0.15) is 4.99 Å². The maximum absolute atomic E-state index is 12.5. The maximum atomic E-state index is 12.5. The number of hydrogen-bond donors (Lipinski definition) is 0. The van der Waals surface area contributed by atoms with Crippen molar-refractivity contribution in [3.05, 3.63) is 86.0 Å². The van der Waals surface area contributed by atoms with Gasteiger partial charge in [0.1, 0.15) is 5.56 Å². The molecule has 0 aliphatic heterocycles. The Bertz CT molecular complexity index is 1170. The molecule has 4 rings (SSSR count). The summed E-state index contributed by atoms with van der Waals surface area (Å²) < 4.78 is 3.24. The Morgan fingerprint density at radius 3 is 2.76 bits per heavy atom. The molecule has 0 bridgehead atoms. The molecule has 124 valence electrons. The Labute approximate surface area is 150 Å². The van der Waals surface area contributed by atoms with Crippen molar-refractivity contribution in [1.29, 1.82) is 0 Å². The number of nitrogens with zero attached hydrogens (tertiary/aromatic N) is 4. The fourth-order valence-corrected chi connectivity index (χ4v) is 3.81. The maximum Gasteiger partial charge on any atom is 0.286 e. The zero-order valence-electron chi connectivity index (χ0n) is 12.9. The second kappa shape index (κ2) is 6.58. The number of aromatic nitrogens is 3. The Morgan fingerprint density at radius 1 is 1.12 bits per heavy atom. The SMILES string of the molecule is O=C(N=c1sccn1Cc1ccccc1)c1cnc2sccn2c1=O. The van der Waals surface area contributed by atoms with Crippen molar-refractivity contribution in [2.45, 2.75) is 6.54 Å². The lowest BCUT2D eigenvalue weighted by atomic mass is 10.2. The molecule has 0 unspecified atom stereocenters. The van der Waals surface area contributed by atoms with Crippen molar-refractivity contribution < 1.29 is 4.79 Å². The van der Waals surface area contributed by atoms with E-state index < -0.39 is 11.5 Å². The van der Waals surface area contributed by atoms with E-state index >= 15 is 0 Å². The molecule has 6 nitrogen and oxygen atoms in total. The molecule has 1 aromatic carbocycles. The zero-order valence-corrected chi connectivity index (χ0v) is 14.5. The highest BCUT2D eigenvalue weighted by molar-refractivity contribution is 7.15. The van der Waals surface area contributed by atoms with Crippen molar-refractivity contribution in [2.75, 3.05) is 0 Å². The summed E-state index contributed by atoms with van der Waals surface area (Å²) in [5.41, 5.74) is 0.679. The molecule has 3 heterocycles. The molecule has 1 amide bonds. The van der Waals surface area contributed by atoms with Crippen LogP contribution >= 0.6 is 22.7 Å². The van der Waals surface area contributed by atoms with Crippen LogP contribution in [0.15, 0.2) is 69.5 Å². The monoisotopic (exact) mass is 368 g/mol. The first-order valence-electron chi connectivity index (χ1n) is 7.44. The van der Waals surface area contributed by atoms with Crippen LogP contribution < -0.4 is 10.4 Å². The standard InChI is InChI=1S/C17H12N4O2S2/c22-14(13-10-18-16-21(15(13)23)7-9-24-16)19-17-20(6-8-25-17)11-12-4-2-1-3-5-12/h1-10H,11H2. The fraction of sp³-hybridized carbons (Fsp3) is 0.0588. The Balaban J connectivity index is 1.71. The van der Waals surface area contributed by atoms with E-state index in [0.717, 1.165) is 5.56 Å². The van der Waals surface area contributed by atoms with E-state index in [0.29, 0.717) is 16.3 Å². The van der Waals surface area contributed by atoms with Gasteiger partial charge in [-0.05, 0) is 5.56 Å². The van der Waals surface area contributed by atoms with Crippen molar-refractivity contribution in [3.63, 3.8) is 0 Å². The lowest BCUT2D eigenvalue weighted by Crippen LogP contribution is -2.23. The van der Waals surface area contributed by atoms with Crippen LogP contribution in [0.2, 0.25) is 0 Å². The Morgan fingerprint density at radius 2 is 1.92 bits per heavy atom. The molecule has 0 fully saturated rings. The fourth-order valence-electron chi connectivity index (χ4n) is 2.41. The third kappa shape index (κ3) is 3.09. The van der Waals surface area contributed by atoms with Crippen molar-refractivity contribution in [3.8, 4) is 0 Å². The summed E-state index contributed by atoms with van der Waals surface area (Å²) in [6, 6.07) is 9.91. The van der Waals surface area contributed by atoms with Crippen LogP contribution in [0.3, 0.4) is 0 Å². The number of rotatable bonds is 3. The van der Waals surface area contributed by atoms with Gasteiger partial charge >= 0.3 is 0 Å². The van der Waals surface area contributed by atoms with Gasteiger partial charge in [-0.25, -0.2) is 4.98 Å². The van der Waals surface area contributed by atoms with E-state index in [2.05, 4.69) is 9.98 Å². The predicted molar refractivity (Wildman–Crippen MR) is 97.1 cm³/mol. The molecule has 0 saturated heterocycles. The first-order valence-corrected chi connectivity index (χ1v) is 9.20. The van der Waals surface area contributed by atoms with Gasteiger partial charge in [0.2, 0.25) is 0 Å². The smallest absolute Gasteiger partial charge is 0.286 e. The van der Waals surface area contributed by atoms with E-state index in [1.165, 1.54) is 33.3 Å². The first kappa shape index (κ1) is 15.7. The highest BCUT2D eigenvalue weighted by atomic mass is 32.1. The van der Waals surface area contributed by atoms with Crippen LogP contribution in [0.4, 0.5) is 0 Å². The minimum atomic E-state index is -0.581. The van der Waals surface area contributed by atoms with Crippen LogP contribution in [0.1, 0.15) is 15.9 Å². The van der Waals surface area contributed by atoms with Gasteiger partial charge < -0.3 is 4.57 Å². The molecular weight excluding hydrogens is 356 g/mol. The molecule has 8 heteroatoms. The molecule has 0 saturated carbocycles. The normalized spacial score (nSPS) is 11.9. The van der Waals surface area contributed by atoms with Crippen LogP contribution in [0.25, 0.3) is 4.96 Å². The third-order valence-electron chi connectivity index (χ3n) is 3.63. The van der Waals surface area contributed by atoms with Gasteiger partial charge in [-0.15, -0.1) is 22.7 Å². The second-order valence-electron chi connectivity index (χ2n) is 5.25. The molecule has 0 atom stereocenters. The summed E-state index contributed by atoms with van der Waals surface area (Å²) in [5, 5.41) is 3.62. The Hall–Kier alpha value is -2.84. The Kier molecular flexibility index (Phi) is 4.12. The number of amides is 1. The number of hydrogen-bond acceptors (Lipinski definition) is 5. The number of carbonyl (C=O) groups is 1. The zero-order chi connectivity index (χ0) is 17.2. The topological polar surface area (TPSA) is 68.7 Å². The highest BCUT2D eigenvalue weighted by Crippen LogP contribution is 2.06. The lowest BCUT2D eigenvalue weighted by Gasteiger charge is -2.02. The largest absolute Gasteiger partial charge is 0.319 e. The van der Waals surface area contributed by atoms with Gasteiger partial charge in [0.05, 0.1) is 0 Å². The van der Waals surface area contributed by atoms with Gasteiger partial charge in [-0.1, -0.05) is 30.3 Å². The van der Waals surface area contributed by atoms with Crippen molar-refractivity contribution in [2.24, 2.45) is 4.99 Å². The number of carbonyl (C=O) groups excluding carboxylic acids is 1. The van der Waals surface area contributed by atoms with Gasteiger partial charge in [0.25, 0.3) is 11.5 Å². The molecule has 0 aliphatic carbocycles. The molecule has 25 heavy (non-hydrogen) atoms. The van der Waals surface area contributed by atoms with E-state index in [1.807, 2.05) is 46.5 Å². The molecule has 0 N–H and O–H groups in total. The van der Waals surface area contributed by atoms with Crippen LogP contribution in [0.5, 0.6) is 0 Å². The van der Waals surface area contributed by atoms with E-state index in [1.54, 1.807) is 11.6 Å². The average Bonchev–Trinajstić information content (AvgIpc) is 3.26. The third-order valence-corrected chi connectivity index (χ3v) is 5.19. The number of benzene rings is 1. The molecule has 0 radical (unpaired) electrons. The minimum Gasteiger partial charge on any atom is -0.319 e. The second-order valence-corrected chi connectivity index (χ2v) is 6.99. The van der Waals surface area contributed by atoms with Gasteiger partial charge in [0.15, 0.2) is 9.76 Å².